The molecular weight excluding hydrogens is 448 g/mol. The third kappa shape index (κ3) is 4.37. The summed E-state index contributed by atoms with van der Waals surface area (Å²) in [6.45, 7) is 6.46. The zero-order chi connectivity index (χ0) is 24.3. The molecule has 0 aromatic rings. The molecule has 0 amide bonds. The number of aliphatic hydroxyl groups excluding tert-OH is 3. The maximum atomic E-state index is 11.8. The van der Waals surface area contributed by atoms with Gasteiger partial charge in [-0.2, -0.15) is 8.42 Å². The molecule has 4 aliphatic rings. The van der Waals surface area contributed by atoms with Crippen LogP contribution in [0.2, 0.25) is 0 Å². The van der Waals surface area contributed by atoms with Crippen LogP contribution < -0.4 is 0 Å². The normalized spacial score (nSPS) is 48.3. The summed E-state index contributed by atoms with van der Waals surface area (Å²) in [6, 6.07) is 0. The van der Waals surface area contributed by atoms with Crippen LogP contribution in [0.5, 0.6) is 0 Å². The molecule has 9 heteroatoms. The first-order valence-corrected chi connectivity index (χ1v) is 13.9. The molecule has 4 aliphatic carbocycles. The molecule has 0 saturated heterocycles. The summed E-state index contributed by atoms with van der Waals surface area (Å²) in [7, 11) is -4.80. The van der Waals surface area contributed by atoms with E-state index in [2.05, 4.69) is 18.0 Å². The Bertz CT molecular complexity index is 861. The van der Waals surface area contributed by atoms with Crippen molar-refractivity contribution in [1.29, 1.82) is 0 Å². The van der Waals surface area contributed by atoms with Crippen LogP contribution in [0.1, 0.15) is 78.6 Å². The highest BCUT2D eigenvalue weighted by molar-refractivity contribution is 7.81. The maximum absolute atomic E-state index is 11.8. The number of fused-ring (bicyclic) bond motifs is 5. The van der Waals surface area contributed by atoms with Gasteiger partial charge < -0.3 is 19.5 Å². The highest BCUT2D eigenvalue weighted by Crippen LogP contribution is 2.68. The van der Waals surface area contributed by atoms with Crippen LogP contribution in [0.25, 0.3) is 0 Å². The molecular formula is C24H40O8S. The molecule has 190 valence electrons. The summed E-state index contributed by atoms with van der Waals surface area (Å²) >= 11 is 0. The molecule has 8 nitrogen and oxygen atoms in total. The Hall–Kier alpha value is -0.740. The van der Waals surface area contributed by atoms with Crippen molar-refractivity contribution in [3.8, 4) is 0 Å². The Morgan fingerprint density at radius 3 is 2.42 bits per heavy atom. The highest BCUT2D eigenvalue weighted by atomic mass is 32.3. The van der Waals surface area contributed by atoms with Gasteiger partial charge in [-0.15, -0.1) is 0 Å². The van der Waals surface area contributed by atoms with Gasteiger partial charge in [-0.25, -0.2) is 0 Å². The van der Waals surface area contributed by atoms with E-state index in [4.69, 9.17) is 4.55 Å². The predicted octanol–water partition coefficient (Wildman–Crippen LogP) is 2.71. The number of hydrogen-bond acceptors (Lipinski definition) is 7. The summed E-state index contributed by atoms with van der Waals surface area (Å²) in [5.74, 6) is 0.0238. The zero-order valence-corrected chi connectivity index (χ0v) is 20.7. The third-order valence-electron chi connectivity index (χ3n) is 10.5. The second kappa shape index (κ2) is 8.73. The molecule has 11 atom stereocenters. The number of aliphatic hydroxyl groups is 3. The van der Waals surface area contributed by atoms with E-state index in [0.717, 1.165) is 32.1 Å². The molecule has 0 radical (unpaired) electrons. The van der Waals surface area contributed by atoms with Gasteiger partial charge in [-0.3, -0.25) is 9.35 Å². The third-order valence-corrected chi connectivity index (χ3v) is 10.9. The lowest BCUT2D eigenvalue weighted by Gasteiger charge is -2.63. The maximum Gasteiger partial charge on any atom is 0.448 e. The van der Waals surface area contributed by atoms with Gasteiger partial charge in [-0.1, -0.05) is 20.8 Å². The van der Waals surface area contributed by atoms with Crippen molar-refractivity contribution in [2.45, 2.75) is 96.9 Å². The first kappa shape index (κ1) is 25.4. The van der Waals surface area contributed by atoms with Crippen LogP contribution in [0.4, 0.5) is 0 Å². The highest BCUT2D eigenvalue weighted by Gasteiger charge is 2.65. The summed E-state index contributed by atoms with van der Waals surface area (Å²) < 4.78 is 34.3. The molecule has 0 spiro atoms. The minimum Gasteiger partial charge on any atom is -0.393 e. The largest absolute Gasteiger partial charge is 0.448 e. The van der Waals surface area contributed by atoms with Gasteiger partial charge in [0.25, 0.3) is 0 Å². The topological polar surface area (TPSA) is 141 Å². The summed E-state index contributed by atoms with van der Waals surface area (Å²) in [6.07, 6.45) is 4.64. The van der Waals surface area contributed by atoms with Crippen molar-refractivity contribution in [2.75, 3.05) is 0 Å². The fourth-order valence-electron chi connectivity index (χ4n) is 8.84. The monoisotopic (exact) mass is 488 g/mol. The van der Waals surface area contributed by atoms with Crippen LogP contribution in [0.3, 0.4) is 0 Å². The van der Waals surface area contributed by atoms with E-state index in [9.17, 15) is 28.5 Å². The Morgan fingerprint density at radius 2 is 1.76 bits per heavy atom. The standard InChI is InChI=1S/C24H40O8S/c1-13(4-7-21(28)32-33(29,30)31)16-5-6-17-22-18(12-20(27)24(16,17)3)23(2)9-8-15(25)10-14(23)11-19(22)26/h13-20,22,25-27H,4-12H2,1-3H3,(H,29,30,31)/t13-,14+,15-,16-,17+,18+,19-,20+,22+,23+,24-/m1/s1. The van der Waals surface area contributed by atoms with Crippen molar-refractivity contribution < 1.29 is 37.3 Å². The van der Waals surface area contributed by atoms with Gasteiger partial charge in [0, 0.05) is 6.42 Å². The predicted molar refractivity (Wildman–Crippen MR) is 120 cm³/mol. The minimum absolute atomic E-state index is 0.0225. The van der Waals surface area contributed by atoms with Gasteiger partial charge >= 0.3 is 16.4 Å². The molecule has 33 heavy (non-hydrogen) atoms. The first-order chi connectivity index (χ1) is 15.3. The van der Waals surface area contributed by atoms with Crippen LogP contribution in [-0.4, -0.2) is 52.6 Å². The summed E-state index contributed by atoms with van der Waals surface area (Å²) in [5.41, 5.74) is -0.361. The van der Waals surface area contributed by atoms with Crippen LogP contribution >= 0.6 is 0 Å². The van der Waals surface area contributed by atoms with Gasteiger partial charge in [0.1, 0.15) is 0 Å². The Labute approximate surface area is 197 Å². The molecule has 0 heterocycles. The van der Waals surface area contributed by atoms with Gasteiger partial charge in [0.2, 0.25) is 0 Å². The van der Waals surface area contributed by atoms with E-state index < -0.39 is 28.6 Å². The second-order valence-corrected chi connectivity index (χ2v) is 12.9. The zero-order valence-electron chi connectivity index (χ0n) is 19.9. The van der Waals surface area contributed by atoms with E-state index in [-0.39, 0.29) is 58.9 Å². The average Bonchev–Trinajstić information content (AvgIpc) is 3.06. The molecule has 0 aliphatic heterocycles. The Morgan fingerprint density at radius 1 is 1.06 bits per heavy atom. The van der Waals surface area contributed by atoms with Gasteiger partial charge in [-0.05, 0) is 97.7 Å². The van der Waals surface area contributed by atoms with Crippen LogP contribution in [0.15, 0.2) is 0 Å². The summed E-state index contributed by atoms with van der Waals surface area (Å²) in [5, 5.41) is 33.1. The lowest BCUT2D eigenvalue weighted by Crippen LogP contribution is -2.62. The fourth-order valence-corrected chi connectivity index (χ4v) is 9.16. The SMILES string of the molecule is C[C@H](CCC(=O)OS(=O)(=O)O)[C@H]1CC[C@H]2[C@@H]3[C@H](O)C[C@@H]4C[C@H](O)CC[C@]4(C)[C@H]3C[C@H](O)[C@]12C. The summed E-state index contributed by atoms with van der Waals surface area (Å²) in [4.78, 5) is 11.8. The van der Waals surface area contributed by atoms with Crippen LogP contribution in [-0.2, 0) is 19.4 Å². The quantitative estimate of drug-likeness (QED) is 0.433. The lowest BCUT2D eigenvalue weighted by atomic mass is 9.43. The van der Waals surface area contributed by atoms with E-state index in [0.29, 0.717) is 19.3 Å². The molecule has 4 fully saturated rings. The molecule has 0 unspecified atom stereocenters. The molecule has 0 aromatic carbocycles. The molecule has 0 bridgehead atoms. The minimum atomic E-state index is -4.80. The van der Waals surface area contributed by atoms with E-state index in [1.807, 2.05) is 6.92 Å². The van der Waals surface area contributed by atoms with Crippen molar-refractivity contribution >= 4 is 16.4 Å². The van der Waals surface area contributed by atoms with E-state index in [1.165, 1.54) is 0 Å². The van der Waals surface area contributed by atoms with Crippen molar-refractivity contribution in [3.05, 3.63) is 0 Å². The molecule has 4 N–H and O–H groups in total. The van der Waals surface area contributed by atoms with Gasteiger partial charge in [0.05, 0.1) is 18.3 Å². The number of rotatable bonds is 5. The van der Waals surface area contributed by atoms with Gasteiger partial charge in [0.15, 0.2) is 0 Å². The van der Waals surface area contributed by atoms with Crippen molar-refractivity contribution in [1.82, 2.24) is 0 Å². The second-order valence-electron chi connectivity index (χ2n) is 11.9. The average molecular weight is 489 g/mol. The van der Waals surface area contributed by atoms with E-state index in [1.54, 1.807) is 0 Å². The Balaban J connectivity index is 1.52. The molecule has 4 saturated carbocycles. The number of carbonyl (C=O) groups is 1. The first-order valence-electron chi connectivity index (χ1n) is 12.5. The van der Waals surface area contributed by atoms with Crippen LogP contribution in [0, 0.1) is 46.3 Å². The van der Waals surface area contributed by atoms with E-state index >= 15 is 0 Å². The lowest BCUT2D eigenvalue weighted by molar-refractivity contribution is -0.207. The number of hydrogen-bond donors (Lipinski definition) is 4. The smallest absolute Gasteiger partial charge is 0.393 e. The van der Waals surface area contributed by atoms with Crippen molar-refractivity contribution in [3.63, 3.8) is 0 Å². The van der Waals surface area contributed by atoms with Crippen molar-refractivity contribution in [2.24, 2.45) is 46.3 Å². The fraction of sp³-hybridized carbons (Fsp3) is 0.958. The molecule has 4 rings (SSSR count). The number of carbonyl (C=O) groups excluding carboxylic acids is 1. The Kier molecular flexibility index (Phi) is 6.71. The molecule has 0 aromatic heterocycles.